The van der Waals surface area contributed by atoms with E-state index in [0.717, 1.165) is 5.69 Å². The quantitative estimate of drug-likeness (QED) is 0.831. The van der Waals surface area contributed by atoms with E-state index in [4.69, 9.17) is 0 Å². The van der Waals surface area contributed by atoms with Crippen molar-refractivity contribution in [3.8, 4) is 0 Å². The maximum atomic E-state index is 12.2. The molecule has 0 aromatic heterocycles. The van der Waals surface area contributed by atoms with Crippen molar-refractivity contribution in [1.29, 1.82) is 0 Å². The second-order valence-electron chi connectivity index (χ2n) is 8.48. The summed E-state index contributed by atoms with van der Waals surface area (Å²) in [6, 6.07) is 7.90. The lowest BCUT2D eigenvalue weighted by Gasteiger charge is -2.24. The van der Waals surface area contributed by atoms with E-state index in [-0.39, 0.29) is 35.9 Å². The van der Waals surface area contributed by atoms with E-state index in [1.165, 1.54) is 5.56 Å². The number of carbonyl (C=O) groups excluding carboxylic acids is 2. The number of amides is 2. The van der Waals surface area contributed by atoms with Gasteiger partial charge in [-0.2, -0.15) is 0 Å². The van der Waals surface area contributed by atoms with Gasteiger partial charge in [0, 0.05) is 11.2 Å². The van der Waals surface area contributed by atoms with Gasteiger partial charge in [-0.05, 0) is 50.4 Å². The zero-order valence-electron chi connectivity index (χ0n) is 16.7. The van der Waals surface area contributed by atoms with Gasteiger partial charge >= 0.3 is 0 Å². The van der Waals surface area contributed by atoms with Crippen LogP contribution in [0.25, 0.3) is 0 Å². The molecule has 0 aliphatic heterocycles. The van der Waals surface area contributed by atoms with Gasteiger partial charge in [-0.3, -0.25) is 14.5 Å². The van der Waals surface area contributed by atoms with Crippen molar-refractivity contribution < 1.29 is 9.59 Å². The summed E-state index contributed by atoms with van der Waals surface area (Å²) in [5.41, 5.74) is 1.81. The standard InChI is InChI=1S/C20H33N3O2/c1-8-23(14-18(25)22-20(5,6)7)13-17(24)21-16-11-9-15(10-12-16)19(2,3)4/h9-12H,8,13-14H2,1-7H3,(H,21,24)(H,22,25). The molecule has 0 fully saturated rings. The average Bonchev–Trinajstić information content (AvgIpc) is 2.44. The number of nitrogens with zero attached hydrogens (tertiary/aromatic N) is 1. The van der Waals surface area contributed by atoms with E-state index < -0.39 is 0 Å². The summed E-state index contributed by atoms with van der Waals surface area (Å²) in [5.74, 6) is -0.189. The molecule has 140 valence electrons. The fraction of sp³-hybridized carbons (Fsp3) is 0.600. The van der Waals surface area contributed by atoms with Crippen LogP contribution in [0.5, 0.6) is 0 Å². The minimum atomic E-state index is -0.270. The summed E-state index contributed by atoms with van der Waals surface area (Å²) >= 11 is 0. The summed E-state index contributed by atoms with van der Waals surface area (Å²) in [6.45, 7) is 15.3. The Morgan fingerprint density at radius 3 is 1.88 bits per heavy atom. The number of benzene rings is 1. The summed E-state index contributed by atoms with van der Waals surface area (Å²) < 4.78 is 0. The highest BCUT2D eigenvalue weighted by Gasteiger charge is 2.18. The van der Waals surface area contributed by atoms with Crippen LogP contribution in [-0.4, -0.2) is 41.9 Å². The van der Waals surface area contributed by atoms with E-state index in [1.807, 2.05) is 56.9 Å². The van der Waals surface area contributed by atoms with Gasteiger partial charge in [-0.25, -0.2) is 0 Å². The molecule has 0 bridgehead atoms. The molecule has 0 heterocycles. The lowest BCUT2D eigenvalue weighted by Crippen LogP contribution is -2.47. The zero-order chi connectivity index (χ0) is 19.3. The number of hydrogen-bond donors (Lipinski definition) is 2. The van der Waals surface area contributed by atoms with Crippen LogP contribution in [0.1, 0.15) is 54.0 Å². The molecule has 0 unspecified atom stereocenters. The third kappa shape index (κ3) is 8.16. The third-order valence-corrected chi connectivity index (χ3v) is 3.73. The average molecular weight is 348 g/mol. The minimum absolute atomic E-state index is 0.0725. The molecular formula is C20H33N3O2. The van der Waals surface area contributed by atoms with Gasteiger partial charge in [0.15, 0.2) is 0 Å². The lowest BCUT2D eigenvalue weighted by atomic mass is 9.87. The van der Waals surface area contributed by atoms with E-state index in [1.54, 1.807) is 0 Å². The molecule has 0 aliphatic rings. The van der Waals surface area contributed by atoms with Crippen LogP contribution in [0.4, 0.5) is 5.69 Å². The Balaban J connectivity index is 2.57. The Labute approximate surface area is 152 Å². The second-order valence-corrected chi connectivity index (χ2v) is 8.48. The SMILES string of the molecule is CCN(CC(=O)Nc1ccc(C(C)(C)C)cc1)CC(=O)NC(C)(C)C. The molecule has 0 radical (unpaired) electrons. The molecule has 0 saturated carbocycles. The van der Waals surface area contributed by atoms with Gasteiger partial charge in [0.1, 0.15) is 0 Å². The summed E-state index contributed by atoms with van der Waals surface area (Å²) in [6.07, 6.45) is 0. The number of anilines is 1. The Morgan fingerprint density at radius 2 is 1.44 bits per heavy atom. The first-order chi connectivity index (χ1) is 11.4. The topological polar surface area (TPSA) is 61.4 Å². The van der Waals surface area contributed by atoms with E-state index in [9.17, 15) is 9.59 Å². The first kappa shape index (κ1) is 21.2. The lowest BCUT2D eigenvalue weighted by molar-refractivity contribution is -0.124. The summed E-state index contributed by atoms with van der Waals surface area (Å²) in [7, 11) is 0. The molecular weight excluding hydrogens is 314 g/mol. The van der Waals surface area contributed by atoms with Crippen LogP contribution in [0.3, 0.4) is 0 Å². The van der Waals surface area contributed by atoms with Crippen molar-refractivity contribution in [2.24, 2.45) is 0 Å². The van der Waals surface area contributed by atoms with Crippen LogP contribution < -0.4 is 10.6 Å². The van der Waals surface area contributed by atoms with Crippen molar-refractivity contribution >= 4 is 17.5 Å². The zero-order valence-corrected chi connectivity index (χ0v) is 16.7. The highest BCUT2D eigenvalue weighted by Crippen LogP contribution is 2.23. The van der Waals surface area contributed by atoms with Crippen molar-refractivity contribution in [2.45, 2.75) is 59.4 Å². The van der Waals surface area contributed by atoms with Crippen LogP contribution in [0.2, 0.25) is 0 Å². The molecule has 25 heavy (non-hydrogen) atoms. The molecule has 1 rings (SSSR count). The molecule has 0 atom stereocenters. The molecule has 0 aliphatic carbocycles. The van der Waals surface area contributed by atoms with Crippen LogP contribution in [-0.2, 0) is 15.0 Å². The van der Waals surface area contributed by atoms with Gasteiger partial charge in [-0.15, -0.1) is 0 Å². The summed E-state index contributed by atoms with van der Waals surface area (Å²) in [4.78, 5) is 26.1. The monoisotopic (exact) mass is 347 g/mol. The van der Waals surface area contributed by atoms with Crippen molar-refractivity contribution in [3.63, 3.8) is 0 Å². The largest absolute Gasteiger partial charge is 0.350 e. The predicted molar refractivity (Wildman–Crippen MR) is 104 cm³/mol. The van der Waals surface area contributed by atoms with Crippen LogP contribution in [0, 0.1) is 0 Å². The van der Waals surface area contributed by atoms with Gasteiger partial charge < -0.3 is 10.6 Å². The van der Waals surface area contributed by atoms with Crippen molar-refractivity contribution in [2.75, 3.05) is 25.0 Å². The highest BCUT2D eigenvalue weighted by molar-refractivity contribution is 5.92. The molecule has 1 aromatic rings. The second kappa shape index (κ2) is 8.48. The molecule has 2 amide bonds. The Morgan fingerprint density at radius 1 is 0.920 bits per heavy atom. The molecule has 0 saturated heterocycles. The molecule has 5 nitrogen and oxygen atoms in total. The summed E-state index contributed by atoms with van der Waals surface area (Å²) in [5, 5.41) is 5.81. The van der Waals surface area contributed by atoms with Gasteiger partial charge in [0.2, 0.25) is 11.8 Å². The molecule has 5 heteroatoms. The fourth-order valence-corrected chi connectivity index (χ4v) is 2.40. The van der Waals surface area contributed by atoms with Crippen molar-refractivity contribution in [3.05, 3.63) is 29.8 Å². The first-order valence-corrected chi connectivity index (χ1v) is 8.84. The maximum Gasteiger partial charge on any atom is 0.238 e. The number of hydrogen-bond acceptors (Lipinski definition) is 3. The number of carbonyl (C=O) groups is 2. The van der Waals surface area contributed by atoms with Gasteiger partial charge in [-0.1, -0.05) is 39.8 Å². The maximum absolute atomic E-state index is 12.2. The third-order valence-electron chi connectivity index (χ3n) is 3.73. The molecule has 2 N–H and O–H groups in total. The Bertz CT molecular complexity index is 580. The van der Waals surface area contributed by atoms with Crippen LogP contribution >= 0.6 is 0 Å². The normalized spacial score (nSPS) is 12.2. The first-order valence-electron chi connectivity index (χ1n) is 8.84. The van der Waals surface area contributed by atoms with E-state index in [2.05, 4.69) is 31.4 Å². The smallest absolute Gasteiger partial charge is 0.238 e. The molecule has 1 aromatic carbocycles. The minimum Gasteiger partial charge on any atom is -0.350 e. The Kier molecular flexibility index (Phi) is 7.17. The fourth-order valence-electron chi connectivity index (χ4n) is 2.40. The van der Waals surface area contributed by atoms with Gasteiger partial charge in [0.25, 0.3) is 0 Å². The predicted octanol–water partition coefficient (Wildman–Crippen LogP) is 3.16. The van der Waals surface area contributed by atoms with Crippen molar-refractivity contribution in [1.82, 2.24) is 10.2 Å². The van der Waals surface area contributed by atoms with E-state index >= 15 is 0 Å². The molecule has 0 spiro atoms. The Hall–Kier alpha value is -1.88. The number of likely N-dealkylation sites (N-methyl/N-ethyl adjacent to an activating group) is 1. The number of rotatable bonds is 6. The highest BCUT2D eigenvalue weighted by atomic mass is 16.2. The van der Waals surface area contributed by atoms with Crippen LogP contribution in [0.15, 0.2) is 24.3 Å². The number of nitrogens with one attached hydrogen (secondary N) is 2. The van der Waals surface area contributed by atoms with Gasteiger partial charge in [0.05, 0.1) is 13.1 Å². The van der Waals surface area contributed by atoms with E-state index in [0.29, 0.717) is 6.54 Å².